The summed E-state index contributed by atoms with van der Waals surface area (Å²) in [6.45, 7) is 0. The lowest BCUT2D eigenvalue weighted by atomic mass is 9.92. The number of benzene rings is 1. The number of nitrogens with zero attached hydrogens (tertiary/aromatic N) is 1. The van der Waals surface area contributed by atoms with Crippen molar-refractivity contribution in [2.24, 2.45) is 0 Å². The molecule has 114 valence electrons. The molecule has 6 heteroatoms. The van der Waals surface area contributed by atoms with E-state index in [0.29, 0.717) is 5.69 Å². The minimum absolute atomic E-state index is 0.144. The van der Waals surface area contributed by atoms with Crippen LogP contribution >= 0.6 is 0 Å². The molecule has 0 spiro atoms. The van der Waals surface area contributed by atoms with Gasteiger partial charge in [0.2, 0.25) is 0 Å². The van der Waals surface area contributed by atoms with Gasteiger partial charge in [-0.15, -0.1) is 0 Å². The Bertz CT molecular complexity index is 529. The van der Waals surface area contributed by atoms with Crippen molar-refractivity contribution in [2.75, 3.05) is 12.4 Å². The summed E-state index contributed by atoms with van der Waals surface area (Å²) in [6.07, 6.45) is -0.752. The number of nitrogens with one attached hydrogen (secondary N) is 1. The normalized spacial score (nSPS) is 22.6. The van der Waals surface area contributed by atoms with Crippen LogP contribution in [0.1, 0.15) is 36.8 Å². The van der Waals surface area contributed by atoms with Crippen molar-refractivity contribution < 1.29 is 17.9 Å². The van der Waals surface area contributed by atoms with Crippen molar-refractivity contribution >= 4 is 5.69 Å². The van der Waals surface area contributed by atoms with Gasteiger partial charge in [0.05, 0.1) is 23.3 Å². The van der Waals surface area contributed by atoms with E-state index in [1.165, 1.54) is 12.1 Å². The highest BCUT2D eigenvalue weighted by Gasteiger charge is 2.34. The second-order valence-corrected chi connectivity index (χ2v) is 5.22. The largest absolute Gasteiger partial charge is 0.417 e. The average molecular weight is 298 g/mol. The molecular formula is C15H17F3N2O. The fourth-order valence-electron chi connectivity index (χ4n) is 2.64. The quantitative estimate of drug-likeness (QED) is 0.919. The van der Waals surface area contributed by atoms with Crippen LogP contribution < -0.4 is 5.32 Å². The summed E-state index contributed by atoms with van der Waals surface area (Å²) in [6, 6.07) is 5.48. The summed E-state index contributed by atoms with van der Waals surface area (Å²) in [5, 5.41) is 11.9. The Kier molecular flexibility index (Phi) is 4.73. The number of ether oxygens (including phenoxy) is 1. The first-order valence-corrected chi connectivity index (χ1v) is 6.84. The molecule has 0 aromatic heterocycles. The first-order chi connectivity index (χ1) is 9.94. The molecule has 0 saturated heterocycles. The fourth-order valence-corrected chi connectivity index (χ4v) is 2.64. The molecule has 1 aliphatic carbocycles. The molecule has 0 radical (unpaired) electrons. The van der Waals surface area contributed by atoms with Crippen molar-refractivity contribution in [1.29, 1.82) is 5.26 Å². The number of halogens is 3. The molecule has 1 aromatic rings. The fraction of sp³-hybridized carbons (Fsp3) is 0.533. The van der Waals surface area contributed by atoms with E-state index in [4.69, 9.17) is 10.00 Å². The van der Waals surface area contributed by atoms with Crippen molar-refractivity contribution in [3.63, 3.8) is 0 Å². The maximum absolute atomic E-state index is 12.9. The third-order valence-electron chi connectivity index (χ3n) is 3.82. The van der Waals surface area contributed by atoms with Crippen LogP contribution in [0.3, 0.4) is 0 Å². The van der Waals surface area contributed by atoms with Gasteiger partial charge in [0.1, 0.15) is 0 Å². The first kappa shape index (κ1) is 15.6. The molecule has 0 bridgehead atoms. The topological polar surface area (TPSA) is 45.0 Å². The standard InChI is InChI=1S/C15H17F3N2O/c1-21-13-6-4-11(5-7-13)20-12-3-2-10(9-19)14(8-12)15(16,17)18/h2-3,8,11,13,20H,4-7H2,1H3. The Morgan fingerprint density at radius 3 is 2.43 bits per heavy atom. The van der Waals surface area contributed by atoms with Gasteiger partial charge in [-0.2, -0.15) is 18.4 Å². The number of methoxy groups -OCH3 is 1. The third kappa shape index (κ3) is 3.88. The predicted octanol–water partition coefficient (Wildman–Crippen LogP) is 3.95. The SMILES string of the molecule is COC1CCC(Nc2ccc(C#N)c(C(F)(F)F)c2)CC1. The zero-order valence-corrected chi connectivity index (χ0v) is 11.7. The minimum Gasteiger partial charge on any atom is -0.382 e. The number of anilines is 1. The van der Waals surface area contributed by atoms with Gasteiger partial charge in [-0.3, -0.25) is 0 Å². The number of hydrogen-bond acceptors (Lipinski definition) is 3. The summed E-state index contributed by atoms with van der Waals surface area (Å²) in [4.78, 5) is 0. The lowest BCUT2D eigenvalue weighted by Gasteiger charge is -2.29. The summed E-state index contributed by atoms with van der Waals surface area (Å²) < 4.78 is 44.0. The average Bonchev–Trinajstić information content (AvgIpc) is 2.47. The number of rotatable bonds is 3. The van der Waals surface area contributed by atoms with E-state index in [1.807, 2.05) is 0 Å². The second kappa shape index (κ2) is 6.35. The molecular weight excluding hydrogens is 281 g/mol. The van der Waals surface area contributed by atoms with Gasteiger partial charge in [0.15, 0.2) is 0 Å². The Morgan fingerprint density at radius 1 is 1.24 bits per heavy atom. The molecule has 3 nitrogen and oxygen atoms in total. The highest BCUT2D eigenvalue weighted by Crippen LogP contribution is 2.34. The Hall–Kier alpha value is -1.74. The maximum atomic E-state index is 12.9. The molecule has 0 unspecified atom stereocenters. The molecule has 0 amide bonds. The molecule has 1 aromatic carbocycles. The monoisotopic (exact) mass is 298 g/mol. The van der Waals surface area contributed by atoms with Crippen LogP contribution in [0.15, 0.2) is 18.2 Å². The van der Waals surface area contributed by atoms with Crippen molar-refractivity contribution in [3.8, 4) is 6.07 Å². The number of alkyl halides is 3. The number of hydrogen-bond donors (Lipinski definition) is 1. The van der Waals surface area contributed by atoms with E-state index in [0.717, 1.165) is 31.7 Å². The Labute approximate surface area is 121 Å². The summed E-state index contributed by atoms with van der Waals surface area (Å²) in [5.74, 6) is 0. The molecule has 21 heavy (non-hydrogen) atoms. The van der Waals surface area contributed by atoms with Gasteiger partial charge in [0.25, 0.3) is 0 Å². The highest BCUT2D eigenvalue weighted by molar-refractivity contribution is 5.53. The van der Waals surface area contributed by atoms with Crippen LogP contribution in [0, 0.1) is 11.3 Å². The van der Waals surface area contributed by atoms with E-state index in [9.17, 15) is 13.2 Å². The highest BCUT2D eigenvalue weighted by atomic mass is 19.4. The molecule has 1 fully saturated rings. The van der Waals surface area contributed by atoms with E-state index in [2.05, 4.69) is 5.32 Å². The lowest BCUT2D eigenvalue weighted by molar-refractivity contribution is -0.137. The smallest absolute Gasteiger partial charge is 0.382 e. The number of nitriles is 1. The van der Waals surface area contributed by atoms with Crippen LogP contribution in [0.2, 0.25) is 0 Å². The lowest BCUT2D eigenvalue weighted by Crippen LogP contribution is -2.29. The van der Waals surface area contributed by atoms with Crippen LogP contribution in [0.5, 0.6) is 0 Å². The minimum atomic E-state index is -4.52. The molecule has 0 aliphatic heterocycles. The zero-order valence-electron chi connectivity index (χ0n) is 11.7. The van der Waals surface area contributed by atoms with E-state index < -0.39 is 11.7 Å². The van der Waals surface area contributed by atoms with Gasteiger partial charge < -0.3 is 10.1 Å². The van der Waals surface area contributed by atoms with E-state index >= 15 is 0 Å². The second-order valence-electron chi connectivity index (χ2n) is 5.22. The van der Waals surface area contributed by atoms with Crippen molar-refractivity contribution in [3.05, 3.63) is 29.3 Å². The zero-order chi connectivity index (χ0) is 15.5. The summed E-state index contributed by atoms with van der Waals surface area (Å²) in [7, 11) is 1.68. The first-order valence-electron chi connectivity index (χ1n) is 6.84. The summed E-state index contributed by atoms with van der Waals surface area (Å²) >= 11 is 0. The molecule has 1 saturated carbocycles. The van der Waals surface area contributed by atoms with Crippen LogP contribution in [0.4, 0.5) is 18.9 Å². The van der Waals surface area contributed by atoms with Gasteiger partial charge >= 0.3 is 6.18 Å². The summed E-state index contributed by atoms with van der Waals surface area (Å²) in [5.41, 5.74) is -0.834. The Morgan fingerprint density at radius 2 is 1.90 bits per heavy atom. The molecule has 0 atom stereocenters. The van der Waals surface area contributed by atoms with Crippen LogP contribution in [-0.4, -0.2) is 19.3 Å². The van der Waals surface area contributed by atoms with E-state index in [-0.39, 0.29) is 17.7 Å². The van der Waals surface area contributed by atoms with E-state index in [1.54, 1.807) is 13.2 Å². The maximum Gasteiger partial charge on any atom is 0.417 e. The molecule has 1 N–H and O–H groups in total. The molecule has 0 heterocycles. The van der Waals surface area contributed by atoms with Gasteiger partial charge in [-0.05, 0) is 43.9 Å². The van der Waals surface area contributed by atoms with Gasteiger partial charge in [-0.25, -0.2) is 0 Å². The van der Waals surface area contributed by atoms with Crippen molar-refractivity contribution in [2.45, 2.75) is 44.0 Å². The Balaban J connectivity index is 2.10. The van der Waals surface area contributed by atoms with Crippen LogP contribution in [-0.2, 0) is 10.9 Å². The molecule has 2 rings (SSSR count). The van der Waals surface area contributed by atoms with Crippen LogP contribution in [0.25, 0.3) is 0 Å². The third-order valence-corrected chi connectivity index (χ3v) is 3.82. The van der Waals surface area contributed by atoms with Gasteiger partial charge in [0, 0.05) is 18.8 Å². The molecule has 1 aliphatic rings. The predicted molar refractivity (Wildman–Crippen MR) is 72.8 cm³/mol. The van der Waals surface area contributed by atoms with Gasteiger partial charge in [-0.1, -0.05) is 0 Å². The van der Waals surface area contributed by atoms with Crippen molar-refractivity contribution in [1.82, 2.24) is 0 Å².